The average molecular weight is 338 g/mol. The molecule has 0 aromatic heterocycles. The monoisotopic (exact) mass is 338 g/mol. The summed E-state index contributed by atoms with van der Waals surface area (Å²) in [6.45, 7) is 1.57. The van der Waals surface area contributed by atoms with Gasteiger partial charge in [0.05, 0.1) is 6.61 Å². The maximum atomic E-state index is 11.7. The molecule has 1 aliphatic rings. The van der Waals surface area contributed by atoms with Crippen LogP contribution in [-0.2, 0) is 13.0 Å². The topological polar surface area (TPSA) is 52.6 Å². The summed E-state index contributed by atoms with van der Waals surface area (Å²) in [5.41, 5.74) is 4.65. The first kappa shape index (κ1) is 17.6. The molecule has 0 aliphatic heterocycles. The minimum atomic E-state index is -0.0695. The Balaban J connectivity index is 1.79. The highest BCUT2D eigenvalue weighted by atomic mass is 16.3. The molecule has 25 heavy (non-hydrogen) atoms. The maximum Gasteiger partial charge on any atom is 0.251 e. The molecular weight excluding hydrogens is 312 g/mol. The van der Waals surface area contributed by atoms with Crippen molar-refractivity contribution in [2.45, 2.75) is 31.8 Å². The largest absolute Gasteiger partial charge is 0.395 e. The van der Waals surface area contributed by atoms with Crippen LogP contribution in [0.5, 0.6) is 0 Å². The fraction of sp³-hybridized carbons (Fsp3) is 0.381. The Morgan fingerprint density at radius 3 is 2.68 bits per heavy atom. The van der Waals surface area contributed by atoms with E-state index in [9.17, 15) is 9.90 Å². The minimum Gasteiger partial charge on any atom is -0.395 e. The second-order valence-electron chi connectivity index (χ2n) is 6.58. The van der Waals surface area contributed by atoms with Gasteiger partial charge in [-0.25, -0.2) is 0 Å². The lowest BCUT2D eigenvalue weighted by molar-refractivity contribution is 0.0963. The quantitative estimate of drug-likeness (QED) is 0.851. The molecule has 0 bridgehead atoms. The Labute approximate surface area is 149 Å². The number of hydrogen-bond acceptors (Lipinski definition) is 3. The fourth-order valence-electron chi connectivity index (χ4n) is 3.72. The lowest BCUT2D eigenvalue weighted by Crippen LogP contribution is -2.33. The van der Waals surface area contributed by atoms with Crippen LogP contribution >= 0.6 is 0 Å². The van der Waals surface area contributed by atoms with Crippen molar-refractivity contribution >= 4 is 5.91 Å². The Morgan fingerprint density at radius 1 is 1.20 bits per heavy atom. The van der Waals surface area contributed by atoms with Gasteiger partial charge in [0.25, 0.3) is 5.91 Å². The molecule has 0 radical (unpaired) electrons. The summed E-state index contributed by atoms with van der Waals surface area (Å²) in [6.07, 6.45) is 3.44. The van der Waals surface area contributed by atoms with E-state index >= 15 is 0 Å². The number of nitrogens with one attached hydrogen (secondary N) is 1. The van der Waals surface area contributed by atoms with E-state index in [-0.39, 0.29) is 12.5 Å². The second-order valence-corrected chi connectivity index (χ2v) is 6.58. The molecule has 1 atom stereocenters. The van der Waals surface area contributed by atoms with Crippen molar-refractivity contribution in [1.29, 1.82) is 0 Å². The molecule has 4 heteroatoms. The summed E-state index contributed by atoms with van der Waals surface area (Å²) < 4.78 is 0. The number of aliphatic hydroxyl groups is 1. The lowest BCUT2D eigenvalue weighted by Gasteiger charge is -2.35. The molecular formula is C21H26N2O2. The van der Waals surface area contributed by atoms with E-state index in [4.69, 9.17) is 0 Å². The van der Waals surface area contributed by atoms with Gasteiger partial charge >= 0.3 is 0 Å². The van der Waals surface area contributed by atoms with Crippen molar-refractivity contribution in [2.75, 3.05) is 20.2 Å². The third-order valence-electron chi connectivity index (χ3n) is 4.99. The van der Waals surface area contributed by atoms with Crippen molar-refractivity contribution < 1.29 is 9.90 Å². The third kappa shape index (κ3) is 4.09. The Bertz CT molecular complexity index is 712. The van der Waals surface area contributed by atoms with Crippen molar-refractivity contribution in [3.05, 3.63) is 70.8 Å². The van der Waals surface area contributed by atoms with Gasteiger partial charge in [0.15, 0.2) is 0 Å². The summed E-state index contributed by atoms with van der Waals surface area (Å²) >= 11 is 0. The van der Waals surface area contributed by atoms with E-state index in [1.807, 2.05) is 24.3 Å². The van der Waals surface area contributed by atoms with E-state index < -0.39 is 0 Å². The molecule has 3 rings (SSSR count). The molecule has 1 unspecified atom stereocenters. The Morgan fingerprint density at radius 2 is 1.96 bits per heavy atom. The van der Waals surface area contributed by atoms with Crippen molar-refractivity contribution in [3.63, 3.8) is 0 Å². The number of aryl methyl sites for hydroxylation is 1. The zero-order valence-electron chi connectivity index (χ0n) is 14.7. The zero-order valence-corrected chi connectivity index (χ0v) is 14.7. The van der Waals surface area contributed by atoms with Gasteiger partial charge in [-0.3, -0.25) is 9.69 Å². The highest BCUT2D eigenvalue weighted by Crippen LogP contribution is 2.34. The predicted octanol–water partition coefficient (Wildman–Crippen LogP) is 2.92. The van der Waals surface area contributed by atoms with Crippen LogP contribution in [0.15, 0.2) is 48.5 Å². The summed E-state index contributed by atoms with van der Waals surface area (Å²) in [5.74, 6) is -0.0695. The highest BCUT2D eigenvalue weighted by molar-refractivity contribution is 5.93. The van der Waals surface area contributed by atoms with Crippen molar-refractivity contribution in [2.24, 2.45) is 0 Å². The van der Waals surface area contributed by atoms with Crippen LogP contribution in [0.3, 0.4) is 0 Å². The fourth-order valence-corrected chi connectivity index (χ4v) is 3.72. The Hall–Kier alpha value is -2.17. The molecule has 1 amide bonds. The number of fused-ring (bicyclic) bond motifs is 1. The van der Waals surface area contributed by atoms with Gasteiger partial charge in [-0.2, -0.15) is 0 Å². The van der Waals surface area contributed by atoms with Gasteiger partial charge in [0.1, 0.15) is 0 Å². The van der Waals surface area contributed by atoms with Crippen LogP contribution in [0, 0.1) is 0 Å². The SMILES string of the molecule is CNC(=O)c1ccc(CN(CCO)C2CCCc3ccccc32)cc1. The van der Waals surface area contributed by atoms with Crippen LogP contribution in [-0.4, -0.2) is 36.1 Å². The molecule has 0 spiro atoms. The first-order valence-corrected chi connectivity index (χ1v) is 8.96. The zero-order chi connectivity index (χ0) is 17.6. The van der Waals surface area contributed by atoms with E-state index in [1.165, 1.54) is 17.5 Å². The molecule has 0 saturated heterocycles. The van der Waals surface area contributed by atoms with Gasteiger partial charge in [0.2, 0.25) is 0 Å². The van der Waals surface area contributed by atoms with Crippen molar-refractivity contribution in [1.82, 2.24) is 10.2 Å². The lowest BCUT2D eigenvalue weighted by atomic mass is 9.86. The van der Waals surface area contributed by atoms with E-state index in [0.717, 1.165) is 24.9 Å². The smallest absolute Gasteiger partial charge is 0.251 e. The molecule has 0 saturated carbocycles. The van der Waals surface area contributed by atoms with Crippen LogP contribution in [0.2, 0.25) is 0 Å². The molecule has 0 fully saturated rings. The van der Waals surface area contributed by atoms with E-state index in [1.54, 1.807) is 7.05 Å². The summed E-state index contributed by atoms with van der Waals surface area (Å²) in [4.78, 5) is 14.0. The molecule has 2 aromatic rings. The number of carbonyl (C=O) groups is 1. The normalized spacial score (nSPS) is 16.5. The number of nitrogens with zero attached hydrogens (tertiary/aromatic N) is 1. The van der Waals surface area contributed by atoms with Gasteiger partial charge in [-0.15, -0.1) is 0 Å². The molecule has 2 aromatic carbocycles. The van der Waals surface area contributed by atoms with Gasteiger partial charge in [0, 0.05) is 31.7 Å². The molecule has 0 heterocycles. The highest BCUT2D eigenvalue weighted by Gasteiger charge is 2.25. The maximum absolute atomic E-state index is 11.7. The van der Waals surface area contributed by atoms with Gasteiger partial charge < -0.3 is 10.4 Å². The summed E-state index contributed by atoms with van der Waals surface area (Å²) in [6, 6.07) is 16.7. The first-order chi connectivity index (χ1) is 12.2. The predicted molar refractivity (Wildman–Crippen MR) is 99.4 cm³/mol. The molecule has 4 nitrogen and oxygen atoms in total. The average Bonchev–Trinajstić information content (AvgIpc) is 2.67. The summed E-state index contributed by atoms with van der Waals surface area (Å²) in [5, 5.41) is 12.2. The number of amides is 1. The summed E-state index contributed by atoms with van der Waals surface area (Å²) in [7, 11) is 1.64. The number of rotatable bonds is 6. The number of carbonyl (C=O) groups excluding carboxylic acids is 1. The van der Waals surface area contributed by atoms with Crippen LogP contribution in [0.1, 0.15) is 45.9 Å². The number of aliphatic hydroxyl groups excluding tert-OH is 1. The van der Waals surface area contributed by atoms with Crippen LogP contribution in [0.25, 0.3) is 0 Å². The molecule has 132 valence electrons. The number of hydrogen-bond donors (Lipinski definition) is 2. The van der Waals surface area contributed by atoms with Crippen molar-refractivity contribution in [3.8, 4) is 0 Å². The van der Waals surface area contributed by atoms with Gasteiger partial charge in [-0.1, -0.05) is 36.4 Å². The molecule has 2 N–H and O–H groups in total. The standard InChI is InChI=1S/C21H26N2O2/c1-22-21(25)18-11-9-16(10-12-18)15-23(13-14-24)20-8-4-6-17-5-2-3-7-19(17)20/h2-3,5,7,9-12,20,24H,4,6,8,13-15H2,1H3,(H,22,25). The van der Waals surface area contributed by atoms with E-state index in [0.29, 0.717) is 18.2 Å². The molecule has 1 aliphatic carbocycles. The minimum absolute atomic E-state index is 0.0695. The van der Waals surface area contributed by atoms with E-state index in [2.05, 4.69) is 34.5 Å². The van der Waals surface area contributed by atoms with Crippen LogP contribution < -0.4 is 5.32 Å². The second kappa shape index (κ2) is 8.28. The third-order valence-corrected chi connectivity index (χ3v) is 4.99. The Kier molecular flexibility index (Phi) is 5.84. The van der Waals surface area contributed by atoms with Crippen LogP contribution in [0.4, 0.5) is 0 Å². The number of benzene rings is 2. The van der Waals surface area contributed by atoms with Gasteiger partial charge in [-0.05, 0) is 48.1 Å². The first-order valence-electron chi connectivity index (χ1n) is 8.96.